The molecular weight excluding hydrogens is 316 g/mol. The van der Waals surface area contributed by atoms with E-state index in [-0.39, 0.29) is 5.56 Å². The maximum absolute atomic E-state index is 11.9. The molecule has 5 heteroatoms. The molecule has 0 aliphatic heterocycles. The molecule has 0 saturated heterocycles. The third-order valence-electron chi connectivity index (χ3n) is 3.13. The van der Waals surface area contributed by atoms with Gasteiger partial charge in [0, 0.05) is 20.6 Å². The van der Waals surface area contributed by atoms with E-state index in [1.54, 1.807) is 12.1 Å². The number of hydrogen-bond donors (Lipinski definition) is 1. The minimum absolute atomic E-state index is 0.0191. The number of hydrogen-bond acceptors (Lipinski definition) is 2. The van der Waals surface area contributed by atoms with Crippen LogP contribution in [0, 0.1) is 0 Å². The lowest BCUT2D eigenvalue weighted by Gasteiger charge is -2.06. The molecular formula is C13H10BrClN2O. The summed E-state index contributed by atoms with van der Waals surface area (Å²) in [4.78, 5) is 19.3. The lowest BCUT2D eigenvalue weighted by Crippen LogP contribution is -2.15. The Labute approximate surface area is 117 Å². The Bertz CT molecular complexity index is 681. The largest absolute Gasteiger partial charge is 0.306 e. The monoisotopic (exact) mass is 324 g/mol. The third-order valence-corrected chi connectivity index (χ3v) is 4.02. The Hall–Kier alpha value is -1.13. The highest BCUT2D eigenvalue weighted by Gasteiger charge is 2.18. The Morgan fingerprint density at radius 1 is 1.33 bits per heavy atom. The Morgan fingerprint density at radius 3 is 2.94 bits per heavy atom. The van der Waals surface area contributed by atoms with Crippen LogP contribution in [-0.2, 0) is 12.8 Å². The van der Waals surface area contributed by atoms with Crippen molar-refractivity contribution in [2.24, 2.45) is 0 Å². The van der Waals surface area contributed by atoms with E-state index in [2.05, 4.69) is 25.9 Å². The SMILES string of the molecule is O=c1[nH]c(-c2ccc(Cl)cc2Br)nc2c1CCC2. The second-order valence-electron chi connectivity index (χ2n) is 4.32. The first kappa shape index (κ1) is 11.9. The van der Waals surface area contributed by atoms with Crippen molar-refractivity contribution in [1.82, 2.24) is 9.97 Å². The van der Waals surface area contributed by atoms with Crippen molar-refractivity contribution in [3.05, 3.63) is 49.3 Å². The number of H-pyrrole nitrogens is 1. The van der Waals surface area contributed by atoms with Gasteiger partial charge in [-0.1, -0.05) is 11.6 Å². The van der Waals surface area contributed by atoms with Gasteiger partial charge in [0.05, 0.1) is 5.69 Å². The van der Waals surface area contributed by atoms with Crippen LogP contribution in [0.4, 0.5) is 0 Å². The van der Waals surface area contributed by atoms with Crippen LogP contribution in [0.1, 0.15) is 17.7 Å². The molecule has 18 heavy (non-hydrogen) atoms. The lowest BCUT2D eigenvalue weighted by molar-refractivity contribution is 0.899. The first-order valence-corrected chi connectivity index (χ1v) is 6.90. The van der Waals surface area contributed by atoms with Crippen LogP contribution in [0.3, 0.4) is 0 Å². The average molecular weight is 326 g/mol. The van der Waals surface area contributed by atoms with Crippen LogP contribution in [0.15, 0.2) is 27.5 Å². The number of nitrogens with one attached hydrogen (secondary N) is 1. The molecule has 92 valence electrons. The topological polar surface area (TPSA) is 45.8 Å². The molecule has 1 aromatic heterocycles. The molecule has 0 spiro atoms. The number of benzene rings is 1. The van der Waals surface area contributed by atoms with E-state index in [1.807, 2.05) is 6.07 Å². The molecule has 1 aromatic carbocycles. The molecule has 0 amide bonds. The molecule has 0 unspecified atom stereocenters. The molecule has 0 saturated carbocycles. The van der Waals surface area contributed by atoms with Crippen molar-refractivity contribution < 1.29 is 0 Å². The molecule has 0 fully saturated rings. The van der Waals surface area contributed by atoms with Crippen LogP contribution in [0.2, 0.25) is 5.02 Å². The molecule has 3 rings (SSSR count). The second-order valence-corrected chi connectivity index (χ2v) is 5.61. The Morgan fingerprint density at radius 2 is 2.17 bits per heavy atom. The van der Waals surface area contributed by atoms with Crippen LogP contribution < -0.4 is 5.56 Å². The fourth-order valence-electron chi connectivity index (χ4n) is 2.25. The van der Waals surface area contributed by atoms with Gasteiger partial charge >= 0.3 is 0 Å². The molecule has 0 radical (unpaired) electrons. The van der Waals surface area contributed by atoms with Gasteiger partial charge in [-0.25, -0.2) is 4.98 Å². The molecule has 3 nitrogen and oxygen atoms in total. The summed E-state index contributed by atoms with van der Waals surface area (Å²) in [5.74, 6) is 0.601. The van der Waals surface area contributed by atoms with Crippen molar-refractivity contribution in [3.63, 3.8) is 0 Å². The van der Waals surface area contributed by atoms with E-state index in [4.69, 9.17) is 11.6 Å². The van der Waals surface area contributed by atoms with Crippen molar-refractivity contribution >= 4 is 27.5 Å². The number of aromatic amines is 1. The van der Waals surface area contributed by atoms with Gasteiger partial charge in [0.15, 0.2) is 0 Å². The van der Waals surface area contributed by atoms with Crippen molar-refractivity contribution in [2.75, 3.05) is 0 Å². The quantitative estimate of drug-likeness (QED) is 0.874. The average Bonchev–Trinajstić information content (AvgIpc) is 2.77. The zero-order valence-corrected chi connectivity index (χ0v) is 11.8. The molecule has 1 heterocycles. The molecule has 1 aliphatic rings. The number of aromatic nitrogens is 2. The number of nitrogens with zero attached hydrogens (tertiary/aromatic N) is 1. The Kier molecular flexibility index (Phi) is 2.99. The van der Waals surface area contributed by atoms with E-state index in [0.29, 0.717) is 10.8 Å². The first-order chi connectivity index (χ1) is 8.65. The summed E-state index contributed by atoms with van der Waals surface area (Å²) in [7, 11) is 0. The molecule has 1 N–H and O–H groups in total. The number of rotatable bonds is 1. The number of halogens is 2. The first-order valence-electron chi connectivity index (χ1n) is 5.72. The minimum atomic E-state index is -0.0191. The van der Waals surface area contributed by atoms with E-state index in [9.17, 15) is 4.79 Å². The maximum Gasteiger partial charge on any atom is 0.254 e. The molecule has 0 atom stereocenters. The van der Waals surface area contributed by atoms with Crippen molar-refractivity contribution in [3.8, 4) is 11.4 Å². The molecule has 2 aromatic rings. The van der Waals surface area contributed by atoms with E-state index in [1.165, 1.54) is 0 Å². The molecule has 1 aliphatic carbocycles. The number of fused-ring (bicyclic) bond motifs is 1. The lowest BCUT2D eigenvalue weighted by atomic mass is 10.2. The van der Waals surface area contributed by atoms with Gasteiger partial charge in [0.2, 0.25) is 0 Å². The van der Waals surface area contributed by atoms with Crippen LogP contribution >= 0.6 is 27.5 Å². The highest BCUT2D eigenvalue weighted by Crippen LogP contribution is 2.29. The zero-order valence-electron chi connectivity index (χ0n) is 9.46. The van der Waals surface area contributed by atoms with E-state index in [0.717, 1.165) is 40.6 Å². The minimum Gasteiger partial charge on any atom is -0.306 e. The standard InChI is InChI=1S/C13H10BrClN2O/c14-10-6-7(15)4-5-8(10)12-16-11-3-1-2-9(11)13(18)17-12/h4-6H,1-3H2,(H,16,17,18). The van der Waals surface area contributed by atoms with Crippen molar-refractivity contribution in [2.45, 2.75) is 19.3 Å². The van der Waals surface area contributed by atoms with Gasteiger partial charge in [-0.3, -0.25) is 4.79 Å². The predicted octanol–water partition coefficient (Wildman–Crippen LogP) is 3.34. The van der Waals surface area contributed by atoms with E-state index < -0.39 is 0 Å². The van der Waals surface area contributed by atoms with Gasteiger partial charge in [-0.2, -0.15) is 0 Å². The summed E-state index contributed by atoms with van der Waals surface area (Å²) >= 11 is 9.35. The summed E-state index contributed by atoms with van der Waals surface area (Å²) in [6.07, 6.45) is 2.73. The summed E-state index contributed by atoms with van der Waals surface area (Å²) in [5, 5.41) is 0.647. The highest BCUT2D eigenvalue weighted by molar-refractivity contribution is 9.10. The fraction of sp³-hybridized carbons (Fsp3) is 0.231. The van der Waals surface area contributed by atoms with Crippen LogP contribution in [-0.4, -0.2) is 9.97 Å². The number of aryl methyl sites for hydroxylation is 1. The smallest absolute Gasteiger partial charge is 0.254 e. The van der Waals surface area contributed by atoms with Gasteiger partial charge in [-0.05, 0) is 53.4 Å². The summed E-state index contributed by atoms with van der Waals surface area (Å²) in [5.41, 5.74) is 2.60. The van der Waals surface area contributed by atoms with E-state index >= 15 is 0 Å². The second kappa shape index (κ2) is 4.52. The highest BCUT2D eigenvalue weighted by atomic mass is 79.9. The maximum atomic E-state index is 11.9. The van der Waals surface area contributed by atoms with Gasteiger partial charge in [0.25, 0.3) is 5.56 Å². The van der Waals surface area contributed by atoms with Crippen LogP contribution in [0.5, 0.6) is 0 Å². The van der Waals surface area contributed by atoms with Gasteiger partial charge < -0.3 is 4.98 Å². The normalized spacial score (nSPS) is 13.7. The van der Waals surface area contributed by atoms with Crippen LogP contribution in [0.25, 0.3) is 11.4 Å². The molecule has 0 bridgehead atoms. The predicted molar refractivity (Wildman–Crippen MR) is 75.0 cm³/mol. The Balaban J connectivity index is 2.18. The summed E-state index contributed by atoms with van der Waals surface area (Å²) < 4.78 is 0.830. The summed E-state index contributed by atoms with van der Waals surface area (Å²) in [6.45, 7) is 0. The van der Waals surface area contributed by atoms with Gasteiger partial charge in [-0.15, -0.1) is 0 Å². The third kappa shape index (κ3) is 1.99. The van der Waals surface area contributed by atoms with Crippen molar-refractivity contribution in [1.29, 1.82) is 0 Å². The van der Waals surface area contributed by atoms with Gasteiger partial charge in [0.1, 0.15) is 5.82 Å². The summed E-state index contributed by atoms with van der Waals surface area (Å²) in [6, 6.07) is 5.44. The fourth-order valence-corrected chi connectivity index (χ4v) is 3.12. The zero-order chi connectivity index (χ0) is 12.7.